The van der Waals surface area contributed by atoms with Crippen LogP contribution in [0.4, 0.5) is 0 Å². The van der Waals surface area contributed by atoms with Crippen molar-refractivity contribution in [2.24, 2.45) is 0 Å². The highest BCUT2D eigenvalue weighted by Gasteiger charge is 1.95. The van der Waals surface area contributed by atoms with Gasteiger partial charge in [-0.15, -0.1) is 0 Å². The first kappa shape index (κ1) is 14.4. The Morgan fingerprint density at radius 3 is 2.33 bits per heavy atom. The number of hydrogen-bond acceptors (Lipinski definition) is 3. The summed E-state index contributed by atoms with van der Waals surface area (Å²) in [7, 11) is 0. The van der Waals surface area contributed by atoms with Gasteiger partial charge >= 0.3 is 5.97 Å². The molecule has 0 saturated carbocycles. The van der Waals surface area contributed by atoms with Gasteiger partial charge in [-0.25, -0.2) is 4.79 Å². The summed E-state index contributed by atoms with van der Waals surface area (Å²) in [6.45, 7) is 3.55. The van der Waals surface area contributed by atoms with E-state index in [1.54, 1.807) is 0 Å². The summed E-state index contributed by atoms with van der Waals surface area (Å²) >= 11 is 0. The first-order chi connectivity index (χ1) is 7.27. The van der Waals surface area contributed by atoms with Gasteiger partial charge in [0.25, 0.3) is 0 Å². The van der Waals surface area contributed by atoms with E-state index >= 15 is 0 Å². The molecule has 1 N–H and O–H groups in total. The maximum absolute atomic E-state index is 10.1. The van der Waals surface area contributed by atoms with Crippen molar-refractivity contribution in [1.29, 1.82) is 0 Å². The van der Waals surface area contributed by atoms with Gasteiger partial charge in [-0.2, -0.15) is 0 Å². The third kappa shape index (κ3) is 13.4. The van der Waals surface area contributed by atoms with E-state index in [1.165, 1.54) is 25.7 Å². The van der Waals surface area contributed by atoms with Crippen molar-refractivity contribution >= 4 is 5.97 Å². The Hall–Kier alpha value is -0.610. The van der Waals surface area contributed by atoms with Crippen molar-refractivity contribution in [2.45, 2.75) is 39.0 Å². The van der Waals surface area contributed by atoms with E-state index in [0.29, 0.717) is 13.2 Å². The molecule has 15 heavy (non-hydrogen) atoms. The van der Waals surface area contributed by atoms with Gasteiger partial charge in [0, 0.05) is 6.61 Å². The van der Waals surface area contributed by atoms with Gasteiger partial charge in [0.15, 0.2) is 0 Å². The molecule has 4 nitrogen and oxygen atoms in total. The van der Waals surface area contributed by atoms with Gasteiger partial charge in [0.05, 0.1) is 13.2 Å². The number of carbonyl (C=O) groups is 1. The second-order valence-electron chi connectivity index (χ2n) is 3.47. The third-order valence-corrected chi connectivity index (χ3v) is 1.99. The highest BCUT2D eigenvalue weighted by atomic mass is 16.5. The molecule has 0 rings (SSSR count). The van der Waals surface area contributed by atoms with E-state index in [-0.39, 0.29) is 6.61 Å². The van der Waals surface area contributed by atoms with Gasteiger partial charge in [-0.1, -0.05) is 32.6 Å². The molecule has 0 aliphatic carbocycles. The van der Waals surface area contributed by atoms with Crippen LogP contribution in [-0.4, -0.2) is 37.5 Å². The Labute approximate surface area is 91.6 Å². The third-order valence-electron chi connectivity index (χ3n) is 1.99. The molecule has 0 amide bonds. The van der Waals surface area contributed by atoms with Crippen LogP contribution in [-0.2, 0) is 14.3 Å². The molecular weight excluding hydrogens is 196 g/mol. The zero-order valence-corrected chi connectivity index (χ0v) is 9.54. The van der Waals surface area contributed by atoms with Crippen LogP contribution in [0.1, 0.15) is 39.0 Å². The standard InChI is InChI=1S/C11H22O4/c1-2-3-4-5-6-7-14-8-9-15-10-11(12)13/h2-10H2,1H3,(H,12,13). The number of rotatable bonds is 11. The van der Waals surface area contributed by atoms with Crippen molar-refractivity contribution in [3.05, 3.63) is 0 Å². The van der Waals surface area contributed by atoms with Gasteiger partial charge < -0.3 is 14.6 Å². The fourth-order valence-electron chi connectivity index (χ4n) is 1.19. The molecule has 90 valence electrons. The molecule has 0 aliphatic heterocycles. The molecule has 0 aromatic rings. The van der Waals surface area contributed by atoms with Crippen LogP contribution >= 0.6 is 0 Å². The Bertz CT molecular complexity index is 148. The number of aliphatic carboxylic acids is 1. The lowest BCUT2D eigenvalue weighted by molar-refractivity contribution is -0.142. The van der Waals surface area contributed by atoms with Crippen LogP contribution in [0.3, 0.4) is 0 Å². The number of unbranched alkanes of at least 4 members (excludes halogenated alkanes) is 4. The van der Waals surface area contributed by atoms with Crippen molar-refractivity contribution < 1.29 is 19.4 Å². The molecule has 0 aromatic heterocycles. The van der Waals surface area contributed by atoms with Crippen molar-refractivity contribution in [2.75, 3.05) is 26.4 Å². The summed E-state index contributed by atoms with van der Waals surface area (Å²) in [5.74, 6) is -0.936. The Kier molecular flexibility index (Phi) is 11.0. The molecule has 0 radical (unpaired) electrons. The predicted molar refractivity (Wildman–Crippen MR) is 58.0 cm³/mol. The lowest BCUT2D eigenvalue weighted by Crippen LogP contribution is -2.11. The summed E-state index contributed by atoms with van der Waals surface area (Å²) in [6.07, 6.45) is 6.11. The van der Waals surface area contributed by atoms with Crippen LogP contribution in [0.25, 0.3) is 0 Å². The van der Waals surface area contributed by atoms with E-state index < -0.39 is 5.97 Å². The second kappa shape index (κ2) is 11.5. The number of ether oxygens (including phenoxy) is 2. The molecule has 0 aromatic carbocycles. The van der Waals surface area contributed by atoms with Gasteiger partial charge in [-0.3, -0.25) is 0 Å². The zero-order chi connectivity index (χ0) is 11.4. The smallest absolute Gasteiger partial charge is 0.329 e. The van der Waals surface area contributed by atoms with E-state index in [2.05, 4.69) is 6.92 Å². The maximum Gasteiger partial charge on any atom is 0.329 e. The fourth-order valence-corrected chi connectivity index (χ4v) is 1.19. The monoisotopic (exact) mass is 218 g/mol. The van der Waals surface area contributed by atoms with E-state index in [1.807, 2.05) is 0 Å². The normalized spacial score (nSPS) is 10.5. The molecule has 0 spiro atoms. The van der Waals surface area contributed by atoms with Crippen molar-refractivity contribution in [1.82, 2.24) is 0 Å². The Morgan fingerprint density at radius 2 is 1.67 bits per heavy atom. The molecule has 0 aliphatic rings. The van der Waals surface area contributed by atoms with Crippen LogP contribution in [0.15, 0.2) is 0 Å². The molecule has 0 unspecified atom stereocenters. The SMILES string of the molecule is CCCCCCCOCCOCC(=O)O. The summed E-state index contributed by atoms with van der Waals surface area (Å²) < 4.78 is 10.1. The first-order valence-electron chi connectivity index (χ1n) is 5.64. The molecule has 0 bridgehead atoms. The van der Waals surface area contributed by atoms with Crippen molar-refractivity contribution in [3.8, 4) is 0 Å². The predicted octanol–water partition coefficient (Wildman–Crippen LogP) is 2.07. The fraction of sp³-hybridized carbons (Fsp3) is 0.909. The van der Waals surface area contributed by atoms with Crippen molar-refractivity contribution in [3.63, 3.8) is 0 Å². The van der Waals surface area contributed by atoms with E-state index in [4.69, 9.17) is 14.6 Å². The molecule has 0 heterocycles. The largest absolute Gasteiger partial charge is 0.480 e. The Morgan fingerprint density at radius 1 is 1.00 bits per heavy atom. The molecular formula is C11H22O4. The van der Waals surface area contributed by atoms with Crippen LogP contribution in [0.2, 0.25) is 0 Å². The van der Waals surface area contributed by atoms with Gasteiger partial charge in [0.2, 0.25) is 0 Å². The van der Waals surface area contributed by atoms with E-state index in [0.717, 1.165) is 13.0 Å². The number of carboxylic acid groups (broad SMARTS) is 1. The molecule has 0 saturated heterocycles. The average molecular weight is 218 g/mol. The minimum Gasteiger partial charge on any atom is -0.480 e. The van der Waals surface area contributed by atoms with Crippen LogP contribution < -0.4 is 0 Å². The summed E-state index contributed by atoms with van der Waals surface area (Å²) in [5, 5.41) is 8.27. The summed E-state index contributed by atoms with van der Waals surface area (Å²) in [5.41, 5.74) is 0. The molecule has 0 fully saturated rings. The summed E-state index contributed by atoms with van der Waals surface area (Å²) in [6, 6.07) is 0. The highest BCUT2D eigenvalue weighted by molar-refractivity contribution is 5.67. The maximum atomic E-state index is 10.1. The van der Waals surface area contributed by atoms with Gasteiger partial charge in [-0.05, 0) is 6.42 Å². The number of carboxylic acids is 1. The zero-order valence-electron chi connectivity index (χ0n) is 9.54. The first-order valence-corrected chi connectivity index (χ1v) is 5.64. The minimum absolute atomic E-state index is 0.236. The minimum atomic E-state index is -0.936. The van der Waals surface area contributed by atoms with E-state index in [9.17, 15) is 4.79 Å². The lowest BCUT2D eigenvalue weighted by atomic mass is 10.2. The van der Waals surface area contributed by atoms with Gasteiger partial charge in [0.1, 0.15) is 6.61 Å². The summed E-state index contributed by atoms with van der Waals surface area (Å²) in [4.78, 5) is 10.1. The average Bonchev–Trinajstić information content (AvgIpc) is 2.20. The Balaban J connectivity index is 2.89. The molecule has 4 heteroatoms. The highest BCUT2D eigenvalue weighted by Crippen LogP contribution is 2.02. The quantitative estimate of drug-likeness (QED) is 0.539. The van der Waals surface area contributed by atoms with Crippen LogP contribution in [0, 0.1) is 0 Å². The van der Waals surface area contributed by atoms with Crippen LogP contribution in [0.5, 0.6) is 0 Å². The number of hydrogen-bond donors (Lipinski definition) is 1. The molecule has 0 atom stereocenters. The topological polar surface area (TPSA) is 55.8 Å². The lowest BCUT2D eigenvalue weighted by Gasteiger charge is -2.04. The second-order valence-corrected chi connectivity index (χ2v) is 3.47.